The molecule has 1 aliphatic carbocycles. The maximum Gasteiger partial charge on any atom is 0.407 e. The lowest BCUT2D eigenvalue weighted by Crippen LogP contribution is -2.26. The van der Waals surface area contributed by atoms with E-state index in [4.69, 9.17) is 10.5 Å². The molecule has 0 unspecified atom stereocenters. The highest BCUT2D eigenvalue weighted by Crippen LogP contribution is 2.44. The highest BCUT2D eigenvalue weighted by molar-refractivity contribution is 5.91. The van der Waals surface area contributed by atoms with E-state index in [9.17, 15) is 14.7 Å². The molecule has 0 atom stereocenters. The number of alkyl carbamates (subject to hydrolysis) is 1. The minimum absolute atomic E-state index is 0.00731. The average molecular weight is 426 g/mol. The zero-order valence-corrected chi connectivity index (χ0v) is 17.3. The van der Waals surface area contributed by atoms with Crippen LogP contribution >= 0.6 is 0 Å². The van der Waals surface area contributed by atoms with Crippen LogP contribution in [0.25, 0.3) is 11.1 Å². The first-order chi connectivity index (χ1) is 15.5. The number of ether oxygens (including phenoxy) is 1. The van der Waals surface area contributed by atoms with Gasteiger partial charge in [0.2, 0.25) is 0 Å². The van der Waals surface area contributed by atoms with Gasteiger partial charge in [-0.2, -0.15) is 0 Å². The van der Waals surface area contributed by atoms with E-state index in [1.807, 2.05) is 24.3 Å². The first kappa shape index (κ1) is 21.0. The van der Waals surface area contributed by atoms with Crippen molar-refractivity contribution in [2.75, 3.05) is 18.9 Å². The number of rotatable bonds is 5. The van der Waals surface area contributed by atoms with Gasteiger partial charge in [0.25, 0.3) is 0 Å². The Bertz CT molecular complexity index is 1190. The standard InChI is InChI=1S/C26H22N2O4/c27-18-13-12-17(23(15-18)25(29)30)7-5-6-14-28-26(31)32-16-24-21-10-3-1-8-19(21)20-9-2-4-11-22(20)24/h1-4,8-13,15,24H,6,14,16,27H2,(H,28,31)(H,29,30). The van der Waals surface area contributed by atoms with Crippen molar-refractivity contribution >= 4 is 17.7 Å². The van der Waals surface area contributed by atoms with E-state index in [0.29, 0.717) is 24.2 Å². The summed E-state index contributed by atoms with van der Waals surface area (Å²) in [6.45, 7) is 0.542. The van der Waals surface area contributed by atoms with E-state index in [2.05, 4.69) is 41.4 Å². The van der Waals surface area contributed by atoms with Crippen molar-refractivity contribution in [3.63, 3.8) is 0 Å². The summed E-state index contributed by atoms with van der Waals surface area (Å²) in [5.41, 5.74) is 11.1. The zero-order chi connectivity index (χ0) is 22.5. The number of carboxylic acids is 1. The number of nitrogens with two attached hydrogens (primary N) is 1. The number of hydrogen-bond acceptors (Lipinski definition) is 4. The molecule has 3 aromatic carbocycles. The molecule has 0 aromatic heterocycles. The quantitative estimate of drug-likeness (QED) is 0.322. The Labute approximate surface area is 186 Å². The predicted octanol–water partition coefficient (Wildman–Crippen LogP) is 4.25. The summed E-state index contributed by atoms with van der Waals surface area (Å²) in [6.07, 6.45) is -0.152. The van der Waals surface area contributed by atoms with Crippen molar-refractivity contribution in [3.05, 3.63) is 89.0 Å². The number of carbonyl (C=O) groups excluding carboxylic acids is 1. The first-order valence-electron chi connectivity index (χ1n) is 10.2. The van der Waals surface area contributed by atoms with Gasteiger partial charge in [-0.15, -0.1) is 0 Å². The van der Waals surface area contributed by atoms with Crippen molar-refractivity contribution in [1.82, 2.24) is 5.32 Å². The summed E-state index contributed by atoms with van der Waals surface area (Å²) >= 11 is 0. The molecule has 3 aromatic rings. The van der Waals surface area contributed by atoms with Gasteiger partial charge >= 0.3 is 12.1 Å². The van der Waals surface area contributed by atoms with Gasteiger partial charge in [-0.05, 0) is 40.5 Å². The zero-order valence-electron chi connectivity index (χ0n) is 17.3. The Hall–Kier alpha value is -4.24. The monoisotopic (exact) mass is 426 g/mol. The summed E-state index contributed by atoms with van der Waals surface area (Å²) in [6, 6.07) is 20.9. The van der Waals surface area contributed by atoms with E-state index in [1.165, 1.54) is 17.2 Å². The number of anilines is 1. The molecule has 0 aliphatic heterocycles. The summed E-state index contributed by atoms with van der Waals surface area (Å²) < 4.78 is 5.48. The van der Waals surface area contributed by atoms with E-state index < -0.39 is 12.1 Å². The summed E-state index contributed by atoms with van der Waals surface area (Å²) in [7, 11) is 0. The molecule has 160 valence electrons. The van der Waals surface area contributed by atoms with Crippen LogP contribution in [-0.4, -0.2) is 30.3 Å². The fraction of sp³-hybridized carbons (Fsp3) is 0.154. The molecule has 1 amide bonds. The molecule has 6 nitrogen and oxygen atoms in total. The summed E-state index contributed by atoms with van der Waals surface area (Å²) in [4.78, 5) is 23.5. The number of carboxylic acid groups (broad SMARTS) is 1. The van der Waals surface area contributed by atoms with Crippen LogP contribution in [-0.2, 0) is 4.74 Å². The predicted molar refractivity (Wildman–Crippen MR) is 122 cm³/mol. The lowest BCUT2D eigenvalue weighted by molar-refractivity contribution is 0.0696. The van der Waals surface area contributed by atoms with Gasteiger partial charge in [0.15, 0.2) is 0 Å². The molecule has 0 spiro atoms. The van der Waals surface area contributed by atoms with Crippen LogP contribution in [0.1, 0.15) is 39.4 Å². The second kappa shape index (κ2) is 9.27. The third-order valence-corrected chi connectivity index (χ3v) is 5.36. The van der Waals surface area contributed by atoms with Crippen molar-refractivity contribution in [3.8, 4) is 23.0 Å². The molecule has 0 radical (unpaired) electrons. The molecule has 4 N–H and O–H groups in total. The minimum Gasteiger partial charge on any atom is -0.478 e. The fourth-order valence-corrected chi connectivity index (χ4v) is 3.88. The molecule has 0 heterocycles. The first-order valence-corrected chi connectivity index (χ1v) is 10.2. The van der Waals surface area contributed by atoms with Crippen molar-refractivity contribution in [1.29, 1.82) is 0 Å². The Balaban J connectivity index is 1.30. The van der Waals surface area contributed by atoms with Gasteiger partial charge < -0.3 is 20.9 Å². The van der Waals surface area contributed by atoms with Crippen molar-refractivity contribution in [2.45, 2.75) is 12.3 Å². The molecule has 0 bridgehead atoms. The second-order valence-corrected chi connectivity index (χ2v) is 7.41. The highest BCUT2D eigenvalue weighted by atomic mass is 16.5. The van der Waals surface area contributed by atoms with Crippen LogP contribution in [0.3, 0.4) is 0 Å². The van der Waals surface area contributed by atoms with Crippen LogP contribution in [0.2, 0.25) is 0 Å². The number of fused-ring (bicyclic) bond motifs is 3. The smallest absolute Gasteiger partial charge is 0.407 e. The number of nitrogens with one attached hydrogen (secondary N) is 1. The topological polar surface area (TPSA) is 102 Å². The summed E-state index contributed by atoms with van der Waals surface area (Å²) in [5.74, 6) is 4.61. The summed E-state index contributed by atoms with van der Waals surface area (Å²) in [5, 5.41) is 11.9. The van der Waals surface area contributed by atoms with Crippen molar-refractivity contribution in [2.24, 2.45) is 0 Å². The number of nitrogen functional groups attached to an aromatic ring is 1. The van der Waals surface area contributed by atoms with E-state index >= 15 is 0 Å². The Morgan fingerprint density at radius 3 is 2.31 bits per heavy atom. The van der Waals surface area contributed by atoms with Crippen molar-refractivity contribution < 1.29 is 19.4 Å². The molecule has 0 saturated carbocycles. The number of benzene rings is 3. The van der Waals surface area contributed by atoms with E-state index in [0.717, 1.165) is 11.1 Å². The molecule has 1 aliphatic rings. The van der Waals surface area contributed by atoms with E-state index in [1.54, 1.807) is 12.1 Å². The lowest BCUT2D eigenvalue weighted by Gasteiger charge is -2.14. The number of carbonyl (C=O) groups is 2. The highest BCUT2D eigenvalue weighted by Gasteiger charge is 2.28. The minimum atomic E-state index is -1.08. The fourth-order valence-electron chi connectivity index (χ4n) is 3.88. The Morgan fingerprint density at radius 1 is 1.00 bits per heavy atom. The van der Waals surface area contributed by atoms with Crippen LogP contribution < -0.4 is 11.1 Å². The number of hydrogen-bond donors (Lipinski definition) is 3. The SMILES string of the molecule is Nc1ccc(C#CCCNC(=O)OCC2c3ccccc3-c3ccccc32)c(C(=O)O)c1. The molecular formula is C26H22N2O4. The number of aromatic carboxylic acids is 1. The molecule has 32 heavy (non-hydrogen) atoms. The van der Waals surface area contributed by atoms with E-state index in [-0.39, 0.29) is 18.1 Å². The van der Waals surface area contributed by atoms with Gasteiger partial charge in [-0.3, -0.25) is 0 Å². The van der Waals surface area contributed by atoms with Gasteiger partial charge in [-0.1, -0.05) is 60.4 Å². The Morgan fingerprint density at radius 2 is 1.66 bits per heavy atom. The lowest BCUT2D eigenvalue weighted by atomic mass is 9.98. The maximum absolute atomic E-state index is 12.2. The van der Waals surface area contributed by atoms with Gasteiger partial charge in [0, 0.05) is 30.1 Å². The third-order valence-electron chi connectivity index (χ3n) is 5.36. The van der Waals surface area contributed by atoms with Gasteiger partial charge in [0.1, 0.15) is 6.61 Å². The second-order valence-electron chi connectivity index (χ2n) is 7.41. The molecule has 6 heteroatoms. The van der Waals surface area contributed by atoms with Gasteiger partial charge in [0.05, 0.1) is 5.56 Å². The molecule has 0 fully saturated rings. The van der Waals surface area contributed by atoms with Crippen LogP contribution in [0.4, 0.5) is 10.5 Å². The average Bonchev–Trinajstić information content (AvgIpc) is 3.12. The van der Waals surface area contributed by atoms with Crippen LogP contribution in [0, 0.1) is 11.8 Å². The maximum atomic E-state index is 12.2. The Kier molecular flexibility index (Phi) is 6.09. The van der Waals surface area contributed by atoms with Crippen LogP contribution in [0.5, 0.6) is 0 Å². The largest absolute Gasteiger partial charge is 0.478 e. The normalized spacial score (nSPS) is 11.6. The third kappa shape index (κ3) is 4.42. The van der Waals surface area contributed by atoms with Gasteiger partial charge in [-0.25, -0.2) is 9.59 Å². The number of amides is 1. The van der Waals surface area contributed by atoms with Crippen LogP contribution in [0.15, 0.2) is 66.7 Å². The molecule has 4 rings (SSSR count). The molecular weight excluding hydrogens is 404 g/mol. The molecule has 0 saturated heterocycles.